The fourth-order valence-corrected chi connectivity index (χ4v) is 4.10. The van der Waals surface area contributed by atoms with Crippen LogP contribution in [0, 0.1) is 0 Å². The Morgan fingerprint density at radius 1 is 1.45 bits per heavy atom. The first-order chi connectivity index (χ1) is 9.76. The number of ether oxygens (including phenoxy) is 2. The van der Waals surface area contributed by atoms with Crippen LogP contribution >= 0.6 is 15.9 Å². The number of halogens is 1. The Morgan fingerprint density at radius 2 is 2.30 bits per heavy atom. The molecule has 1 aromatic carbocycles. The van der Waals surface area contributed by atoms with Crippen LogP contribution in [-0.2, 0) is 0 Å². The van der Waals surface area contributed by atoms with E-state index in [0.717, 1.165) is 22.6 Å². The highest BCUT2D eigenvalue weighted by atomic mass is 79.9. The van der Waals surface area contributed by atoms with Gasteiger partial charge in [0.15, 0.2) is 11.5 Å². The summed E-state index contributed by atoms with van der Waals surface area (Å²) in [5, 5.41) is 0. The average Bonchev–Trinajstić information content (AvgIpc) is 2.47. The number of likely N-dealkylation sites (tertiary alicyclic amines) is 1. The molecule has 2 aliphatic rings. The summed E-state index contributed by atoms with van der Waals surface area (Å²) < 4.78 is 12.6. The van der Waals surface area contributed by atoms with Crippen LogP contribution in [-0.4, -0.2) is 37.7 Å². The maximum absolute atomic E-state index is 6.08. The van der Waals surface area contributed by atoms with Crippen LogP contribution in [0.2, 0.25) is 0 Å². The third-order valence-corrected chi connectivity index (χ3v) is 5.13. The van der Waals surface area contributed by atoms with E-state index in [4.69, 9.17) is 9.47 Å². The van der Waals surface area contributed by atoms with E-state index in [1.807, 2.05) is 0 Å². The monoisotopic (exact) mass is 339 g/mol. The first kappa shape index (κ1) is 14.2. The third-order valence-electron chi connectivity index (χ3n) is 4.50. The van der Waals surface area contributed by atoms with Crippen LogP contribution in [0.25, 0.3) is 0 Å². The molecule has 0 spiro atoms. The molecule has 0 bridgehead atoms. The molecular weight excluding hydrogens is 318 g/mol. The summed E-state index contributed by atoms with van der Waals surface area (Å²) in [5.74, 6) is 2.37. The van der Waals surface area contributed by atoms with Crippen LogP contribution in [0.15, 0.2) is 16.6 Å². The zero-order chi connectivity index (χ0) is 14.1. The Kier molecular flexibility index (Phi) is 4.22. The largest absolute Gasteiger partial charge is 0.492 e. The van der Waals surface area contributed by atoms with E-state index >= 15 is 0 Å². The van der Waals surface area contributed by atoms with Gasteiger partial charge in [-0.2, -0.15) is 0 Å². The van der Waals surface area contributed by atoms with E-state index in [-0.39, 0.29) is 0 Å². The Morgan fingerprint density at radius 3 is 3.05 bits per heavy atom. The summed E-state index contributed by atoms with van der Waals surface area (Å²) in [7, 11) is 1.71. The van der Waals surface area contributed by atoms with Crippen LogP contribution in [0.1, 0.15) is 37.7 Å². The quantitative estimate of drug-likeness (QED) is 0.835. The number of rotatable bonds is 3. The summed E-state index contributed by atoms with van der Waals surface area (Å²) in [6.07, 6.45) is 3.74. The topological polar surface area (TPSA) is 21.7 Å². The normalized spacial score (nSPS) is 25.6. The van der Waals surface area contributed by atoms with Crippen LogP contribution in [0.5, 0.6) is 11.5 Å². The second kappa shape index (κ2) is 5.94. The lowest BCUT2D eigenvalue weighted by Crippen LogP contribution is -2.49. The molecule has 3 nitrogen and oxygen atoms in total. The third kappa shape index (κ3) is 2.33. The van der Waals surface area contributed by atoms with Gasteiger partial charge in [0.25, 0.3) is 0 Å². The minimum Gasteiger partial charge on any atom is -0.492 e. The first-order valence-corrected chi connectivity index (χ1v) is 8.28. The molecule has 0 N–H and O–H groups in total. The van der Waals surface area contributed by atoms with E-state index in [0.29, 0.717) is 12.0 Å². The standard InChI is InChI=1S/C16H22BrNO2/c1-3-8-18-9-4-5-11-12-6-7-13(17)16(19-2)15(12)20-10-14(11)18/h6-7,11,14H,3-5,8-10H2,1-2H3/t11-,14-/m1/s1. The summed E-state index contributed by atoms with van der Waals surface area (Å²) in [4.78, 5) is 2.60. The molecule has 1 aromatic rings. The summed E-state index contributed by atoms with van der Waals surface area (Å²) in [6.45, 7) is 5.42. The molecule has 0 aliphatic carbocycles. The highest BCUT2D eigenvalue weighted by Gasteiger charge is 2.38. The molecule has 1 saturated heterocycles. The van der Waals surface area contributed by atoms with Gasteiger partial charge in [-0.25, -0.2) is 0 Å². The number of benzene rings is 1. The van der Waals surface area contributed by atoms with Crippen LogP contribution < -0.4 is 9.47 Å². The fraction of sp³-hybridized carbons (Fsp3) is 0.625. The molecule has 2 heterocycles. The molecule has 110 valence electrons. The highest BCUT2D eigenvalue weighted by molar-refractivity contribution is 9.10. The average molecular weight is 340 g/mol. The number of hydrogen-bond donors (Lipinski definition) is 0. The van der Waals surface area contributed by atoms with Crippen molar-refractivity contribution >= 4 is 15.9 Å². The Labute approximate surface area is 129 Å². The fourth-order valence-electron chi connectivity index (χ4n) is 3.63. The number of methoxy groups -OCH3 is 1. The molecule has 2 aliphatic heterocycles. The summed E-state index contributed by atoms with van der Waals surface area (Å²) in [6, 6.07) is 4.82. The molecule has 0 radical (unpaired) electrons. The van der Waals surface area contributed by atoms with Gasteiger partial charge in [0.2, 0.25) is 0 Å². The summed E-state index contributed by atoms with van der Waals surface area (Å²) in [5.41, 5.74) is 1.32. The van der Waals surface area contributed by atoms with E-state index in [1.165, 1.54) is 37.9 Å². The van der Waals surface area contributed by atoms with Crippen molar-refractivity contribution in [3.63, 3.8) is 0 Å². The van der Waals surface area contributed by atoms with E-state index in [9.17, 15) is 0 Å². The second-order valence-electron chi connectivity index (χ2n) is 5.66. The minimum absolute atomic E-state index is 0.530. The molecule has 1 fully saturated rings. The van der Waals surface area contributed by atoms with Gasteiger partial charge in [-0.15, -0.1) is 0 Å². The molecule has 0 saturated carbocycles. The van der Waals surface area contributed by atoms with Crippen molar-refractivity contribution in [1.29, 1.82) is 0 Å². The van der Waals surface area contributed by atoms with Crippen molar-refractivity contribution in [3.8, 4) is 11.5 Å². The van der Waals surface area contributed by atoms with Gasteiger partial charge in [-0.3, -0.25) is 4.90 Å². The van der Waals surface area contributed by atoms with Gasteiger partial charge in [0.05, 0.1) is 17.6 Å². The van der Waals surface area contributed by atoms with Crippen molar-refractivity contribution in [2.24, 2.45) is 0 Å². The number of nitrogens with zero attached hydrogens (tertiary/aromatic N) is 1. The minimum atomic E-state index is 0.530. The zero-order valence-corrected chi connectivity index (χ0v) is 13.8. The Balaban J connectivity index is 1.96. The maximum Gasteiger partial charge on any atom is 0.175 e. The molecular formula is C16H22BrNO2. The first-order valence-electron chi connectivity index (χ1n) is 7.49. The summed E-state index contributed by atoms with van der Waals surface area (Å²) >= 11 is 3.54. The lowest BCUT2D eigenvalue weighted by molar-refractivity contribution is 0.0642. The predicted molar refractivity (Wildman–Crippen MR) is 83.8 cm³/mol. The molecule has 3 rings (SSSR count). The molecule has 4 heteroatoms. The molecule has 0 amide bonds. The van der Waals surface area contributed by atoms with E-state index < -0.39 is 0 Å². The van der Waals surface area contributed by atoms with Crippen molar-refractivity contribution < 1.29 is 9.47 Å². The van der Waals surface area contributed by atoms with Crippen molar-refractivity contribution in [2.45, 2.75) is 38.1 Å². The lowest BCUT2D eigenvalue weighted by Gasteiger charge is -2.44. The van der Waals surface area contributed by atoms with Crippen LogP contribution in [0.4, 0.5) is 0 Å². The van der Waals surface area contributed by atoms with Gasteiger partial charge in [0.1, 0.15) is 6.61 Å². The van der Waals surface area contributed by atoms with Gasteiger partial charge >= 0.3 is 0 Å². The zero-order valence-electron chi connectivity index (χ0n) is 12.2. The second-order valence-corrected chi connectivity index (χ2v) is 6.52. The highest BCUT2D eigenvalue weighted by Crippen LogP contribution is 2.47. The van der Waals surface area contributed by atoms with Gasteiger partial charge in [0, 0.05) is 11.5 Å². The van der Waals surface area contributed by atoms with Gasteiger partial charge in [-0.1, -0.05) is 13.0 Å². The Bertz CT molecular complexity index is 490. The molecule has 20 heavy (non-hydrogen) atoms. The van der Waals surface area contributed by atoms with Crippen molar-refractivity contribution in [1.82, 2.24) is 4.90 Å². The SMILES string of the molecule is CCCN1CCC[C@@H]2c3ccc(Br)c(OC)c3OC[C@H]21. The number of fused-ring (bicyclic) bond motifs is 3. The van der Waals surface area contributed by atoms with Crippen molar-refractivity contribution in [2.75, 3.05) is 26.8 Å². The van der Waals surface area contributed by atoms with Gasteiger partial charge in [-0.05, 0) is 54.3 Å². The van der Waals surface area contributed by atoms with E-state index in [2.05, 4.69) is 39.9 Å². The molecule has 0 aromatic heterocycles. The Hall–Kier alpha value is -0.740. The van der Waals surface area contributed by atoms with E-state index in [1.54, 1.807) is 7.11 Å². The smallest absolute Gasteiger partial charge is 0.175 e. The van der Waals surface area contributed by atoms with Crippen LogP contribution in [0.3, 0.4) is 0 Å². The lowest BCUT2D eigenvalue weighted by atomic mass is 9.81. The molecule has 0 unspecified atom stereocenters. The number of piperidine rings is 1. The molecule has 2 atom stereocenters. The van der Waals surface area contributed by atoms with Crippen molar-refractivity contribution in [3.05, 3.63) is 22.2 Å². The maximum atomic E-state index is 6.08. The van der Waals surface area contributed by atoms with Gasteiger partial charge < -0.3 is 9.47 Å². The number of hydrogen-bond acceptors (Lipinski definition) is 3. The predicted octanol–water partition coefficient (Wildman–Crippen LogP) is 3.81.